The molecule has 5 unspecified atom stereocenters. The lowest BCUT2D eigenvalue weighted by Crippen LogP contribution is -2.57. The zero-order valence-corrected chi connectivity index (χ0v) is 22.7. The largest absolute Gasteiger partial charge is 0.452 e. The molecule has 0 bridgehead atoms. The lowest BCUT2D eigenvalue weighted by molar-refractivity contribution is -0.148. The van der Waals surface area contributed by atoms with Gasteiger partial charge in [0.1, 0.15) is 12.1 Å². The predicted octanol–water partition coefficient (Wildman–Crippen LogP) is 0.651. The Balaban J connectivity index is 1.34. The number of nitrogens with one attached hydrogen (secondary N) is 4. The molecule has 3 aliphatic heterocycles. The highest BCUT2D eigenvalue weighted by Crippen LogP contribution is 2.31. The molecule has 0 radical (unpaired) electrons. The summed E-state index contributed by atoms with van der Waals surface area (Å²) in [6, 6.07) is 5.89. The molecule has 11 heteroatoms. The van der Waals surface area contributed by atoms with Crippen molar-refractivity contribution in [1.29, 1.82) is 0 Å². The Hall–Kier alpha value is -3.47. The summed E-state index contributed by atoms with van der Waals surface area (Å²) in [5.74, 6) is -1.29. The lowest BCUT2D eigenvalue weighted by Gasteiger charge is -2.35. The molecule has 3 heterocycles. The molecule has 0 spiro atoms. The van der Waals surface area contributed by atoms with Crippen LogP contribution in [-0.2, 0) is 41.8 Å². The van der Waals surface area contributed by atoms with E-state index < -0.39 is 24.2 Å². The van der Waals surface area contributed by atoms with Crippen molar-refractivity contribution in [2.24, 2.45) is 0 Å². The topological polar surface area (TPSA) is 146 Å². The van der Waals surface area contributed by atoms with Crippen LogP contribution < -0.4 is 21.3 Å². The van der Waals surface area contributed by atoms with Crippen molar-refractivity contribution in [3.05, 3.63) is 35.4 Å². The van der Waals surface area contributed by atoms with Crippen molar-refractivity contribution < 1.29 is 28.7 Å². The van der Waals surface area contributed by atoms with Gasteiger partial charge in [-0.15, -0.1) is 0 Å². The van der Waals surface area contributed by atoms with E-state index in [0.29, 0.717) is 19.3 Å². The van der Waals surface area contributed by atoms with Crippen molar-refractivity contribution in [2.45, 2.75) is 102 Å². The molecule has 4 N–H and O–H groups in total. The number of carbonyl (C=O) groups is 5. The van der Waals surface area contributed by atoms with Crippen LogP contribution in [0.2, 0.25) is 0 Å². The van der Waals surface area contributed by atoms with E-state index in [1.807, 2.05) is 24.3 Å². The number of hydrogen-bond donors (Lipinski definition) is 4. The Morgan fingerprint density at radius 2 is 1.67 bits per heavy atom. The minimum Gasteiger partial charge on any atom is -0.452 e. The average molecular weight is 542 g/mol. The van der Waals surface area contributed by atoms with Crippen molar-refractivity contribution in [3.8, 4) is 0 Å². The summed E-state index contributed by atoms with van der Waals surface area (Å²) in [6.07, 6.45) is 4.49. The maximum atomic E-state index is 13.5. The van der Waals surface area contributed by atoms with E-state index in [9.17, 15) is 24.0 Å². The maximum Gasteiger partial charge on any atom is 0.306 e. The molecule has 4 amide bonds. The standard InChI is InChI=1S/C28H39N5O6/c1-17(29-2)25(35)32-21-9-4-3-8-20-10-11-22(33(20)28(21)38)26(36)30-15-18-6-5-7-19(14-18)16-31-27(37)23-12-13-24(34)39-23/h5-7,14,17,20-23,29H,3-4,8-13,15-16H2,1-2H3,(H,30,36)(H,31,37)(H,32,35). The summed E-state index contributed by atoms with van der Waals surface area (Å²) >= 11 is 0. The van der Waals surface area contributed by atoms with Crippen LogP contribution in [0.5, 0.6) is 0 Å². The van der Waals surface area contributed by atoms with Gasteiger partial charge in [0.2, 0.25) is 17.7 Å². The first-order valence-corrected chi connectivity index (χ1v) is 13.9. The number of fused-ring (bicyclic) bond motifs is 1. The van der Waals surface area contributed by atoms with E-state index in [-0.39, 0.29) is 55.2 Å². The molecule has 5 atom stereocenters. The molecule has 0 saturated carbocycles. The number of hydrogen-bond acceptors (Lipinski definition) is 7. The molecule has 0 aromatic heterocycles. The zero-order chi connectivity index (χ0) is 27.9. The molecular formula is C28H39N5O6. The molecule has 212 valence electrons. The van der Waals surface area contributed by atoms with Crippen LogP contribution in [0.25, 0.3) is 0 Å². The van der Waals surface area contributed by atoms with Crippen LogP contribution in [0.4, 0.5) is 0 Å². The van der Waals surface area contributed by atoms with Crippen molar-refractivity contribution in [1.82, 2.24) is 26.2 Å². The van der Waals surface area contributed by atoms with Gasteiger partial charge in [-0.1, -0.05) is 37.1 Å². The van der Waals surface area contributed by atoms with E-state index in [1.165, 1.54) is 0 Å². The Kier molecular flexibility index (Phi) is 9.55. The molecule has 39 heavy (non-hydrogen) atoms. The van der Waals surface area contributed by atoms with Gasteiger partial charge in [0, 0.05) is 32.0 Å². The van der Waals surface area contributed by atoms with Gasteiger partial charge in [-0.05, 0) is 50.8 Å². The summed E-state index contributed by atoms with van der Waals surface area (Å²) in [4.78, 5) is 64.5. The number of likely N-dealkylation sites (N-methyl/N-ethyl adjacent to an activating group) is 1. The Morgan fingerprint density at radius 1 is 0.974 bits per heavy atom. The number of nitrogens with zero attached hydrogens (tertiary/aromatic N) is 1. The number of cyclic esters (lactones) is 1. The fourth-order valence-corrected chi connectivity index (χ4v) is 5.52. The third-order valence-corrected chi connectivity index (χ3v) is 7.88. The van der Waals surface area contributed by atoms with E-state index in [4.69, 9.17) is 4.74 Å². The highest BCUT2D eigenvalue weighted by atomic mass is 16.6. The van der Waals surface area contributed by atoms with Gasteiger partial charge in [0.15, 0.2) is 6.10 Å². The summed E-state index contributed by atoms with van der Waals surface area (Å²) in [5.41, 5.74) is 1.72. The normalized spacial score (nSPS) is 25.6. The molecule has 1 aromatic carbocycles. The van der Waals surface area contributed by atoms with Gasteiger partial charge in [-0.25, -0.2) is 0 Å². The first-order chi connectivity index (χ1) is 18.8. The Bertz CT molecular complexity index is 1090. The van der Waals surface area contributed by atoms with Gasteiger partial charge < -0.3 is 30.9 Å². The fourth-order valence-electron chi connectivity index (χ4n) is 5.52. The first-order valence-electron chi connectivity index (χ1n) is 13.9. The highest BCUT2D eigenvalue weighted by molar-refractivity contribution is 5.93. The van der Waals surface area contributed by atoms with Gasteiger partial charge in [0.05, 0.1) is 6.04 Å². The lowest BCUT2D eigenvalue weighted by atomic mass is 9.98. The molecule has 3 fully saturated rings. The number of ether oxygens (including phenoxy) is 1. The van der Waals surface area contributed by atoms with Crippen LogP contribution in [0.3, 0.4) is 0 Å². The molecular weight excluding hydrogens is 502 g/mol. The van der Waals surface area contributed by atoms with Crippen LogP contribution >= 0.6 is 0 Å². The van der Waals surface area contributed by atoms with Gasteiger partial charge >= 0.3 is 5.97 Å². The van der Waals surface area contributed by atoms with Crippen molar-refractivity contribution >= 4 is 29.6 Å². The zero-order valence-electron chi connectivity index (χ0n) is 22.7. The van der Waals surface area contributed by atoms with E-state index in [0.717, 1.165) is 36.8 Å². The number of benzene rings is 1. The summed E-state index contributed by atoms with van der Waals surface area (Å²) in [6.45, 7) is 2.30. The van der Waals surface area contributed by atoms with Gasteiger partial charge in [-0.2, -0.15) is 0 Å². The number of rotatable bonds is 9. The minimum atomic E-state index is -0.735. The summed E-state index contributed by atoms with van der Waals surface area (Å²) in [7, 11) is 1.70. The molecule has 3 saturated heterocycles. The molecule has 4 rings (SSSR count). The van der Waals surface area contributed by atoms with Crippen molar-refractivity contribution in [2.75, 3.05) is 7.05 Å². The van der Waals surface area contributed by atoms with E-state index >= 15 is 0 Å². The summed E-state index contributed by atoms with van der Waals surface area (Å²) < 4.78 is 5.00. The van der Waals surface area contributed by atoms with Crippen LogP contribution in [0, 0.1) is 0 Å². The first kappa shape index (κ1) is 28.5. The van der Waals surface area contributed by atoms with Crippen LogP contribution in [-0.4, -0.2) is 71.8 Å². The number of esters is 1. The molecule has 0 aliphatic carbocycles. The third-order valence-electron chi connectivity index (χ3n) is 7.88. The number of amides is 4. The minimum absolute atomic E-state index is 0.000700. The number of carbonyl (C=O) groups excluding carboxylic acids is 5. The molecule has 1 aromatic rings. The SMILES string of the molecule is CNC(C)C(=O)NC1CCCCC2CCC(C(=O)NCc3cccc(CNC(=O)C4CCC(=O)O4)c3)N2C1=O. The Morgan fingerprint density at radius 3 is 2.33 bits per heavy atom. The smallest absolute Gasteiger partial charge is 0.306 e. The Labute approximate surface area is 228 Å². The van der Waals surface area contributed by atoms with E-state index in [1.54, 1.807) is 18.9 Å². The van der Waals surface area contributed by atoms with Crippen LogP contribution in [0.15, 0.2) is 24.3 Å². The monoisotopic (exact) mass is 541 g/mol. The second-order valence-electron chi connectivity index (χ2n) is 10.6. The van der Waals surface area contributed by atoms with Gasteiger partial charge in [-0.3, -0.25) is 24.0 Å². The van der Waals surface area contributed by atoms with E-state index in [2.05, 4.69) is 21.3 Å². The van der Waals surface area contributed by atoms with Gasteiger partial charge in [0.25, 0.3) is 5.91 Å². The second kappa shape index (κ2) is 13.1. The predicted molar refractivity (Wildman–Crippen MR) is 142 cm³/mol. The second-order valence-corrected chi connectivity index (χ2v) is 10.6. The highest BCUT2D eigenvalue weighted by Gasteiger charge is 2.43. The fraction of sp³-hybridized carbons (Fsp3) is 0.607. The van der Waals surface area contributed by atoms with Crippen molar-refractivity contribution in [3.63, 3.8) is 0 Å². The quantitative estimate of drug-likeness (QED) is 0.336. The third kappa shape index (κ3) is 7.14. The average Bonchev–Trinajstić information content (AvgIpc) is 3.56. The molecule has 11 nitrogen and oxygen atoms in total. The summed E-state index contributed by atoms with van der Waals surface area (Å²) in [5, 5.41) is 11.6. The maximum absolute atomic E-state index is 13.5. The molecule has 3 aliphatic rings. The van der Waals surface area contributed by atoms with Crippen LogP contribution in [0.1, 0.15) is 69.4 Å².